The summed E-state index contributed by atoms with van der Waals surface area (Å²) in [4.78, 5) is 22.2. The number of rotatable bonds is 6. The molecule has 0 spiro atoms. The molecule has 33 heavy (non-hydrogen) atoms. The number of hydrogen-bond acceptors (Lipinski definition) is 7. The smallest absolute Gasteiger partial charge is 0.229 e. The Morgan fingerprint density at radius 2 is 1.79 bits per heavy atom. The van der Waals surface area contributed by atoms with Crippen molar-refractivity contribution in [2.24, 2.45) is 0 Å². The summed E-state index contributed by atoms with van der Waals surface area (Å²) in [5, 5.41) is 4.02. The van der Waals surface area contributed by atoms with Crippen LogP contribution < -0.4 is 5.32 Å². The standard InChI is InChI=1S/C25H26FN7/c1-2-32-10-12-33(13-11-32)17-18-5-8-23(28-15-18)30-25-29-16-21(26)24(31-25)20-6-7-22-19(14-20)4-3-9-27-22/h3-9,14-16H,2,10-13,17H2,1H3,(H,28,29,30,31). The van der Waals surface area contributed by atoms with Crippen LogP contribution in [0.3, 0.4) is 0 Å². The average molecular weight is 444 g/mol. The van der Waals surface area contributed by atoms with Gasteiger partial charge in [0.05, 0.1) is 11.7 Å². The number of benzene rings is 1. The van der Waals surface area contributed by atoms with Crippen LogP contribution in [0.2, 0.25) is 0 Å². The molecule has 1 aliphatic rings. The van der Waals surface area contributed by atoms with Gasteiger partial charge in [0.2, 0.25) is 5.95 Å². The topological polar surface area (TPSA) is 70.1 Å². The van der Waals surface area contributed by atoms with E-state index in [1.807, 2.05) is 42.6 Å². The number of piperazine rings is 1. The first kappa shape index (κ1) is 21.4. The molecule has 1 fully saturated rings. The second kappa shape index (κ2) is 9.56. The molecule has 0 atom stereocenters. The van der Waals surface area contributed by atoms with Crippen molar-refractivity contribution in [1.82, 2.24) is 29.7 Å². The van der Waals surface area contributed by atoms with Crippen molar-refractivity contribution in [3.63, 3.8) is 0 Å². The molecule has 8 heteroatoms. The Bertz CT molecular complexity index is 1240. The summed E-state index contributed by atoms with van der Waals surface area (Å²) < 4.78 is 14.5. The third-order valence-corrected chi connectivity index (χ3v) is 6.00. The molecule has 0 saturated carbocycles. The van der Waals surface area contributed by atoms with Crippen LogP contribution in [0.15, 0.2) is 61.1 Å². The van der Waals surface area contributed by atoms with Gasteiger partial charge >= 0.3 is 0 Å². The van der Waals surface area contributed by atoms with Gasteiger partial charge in [-0.3, -0.25) is 9.88 Å². The molecule has 0 aliphatic carbocycles. The van der Waals surface area contributed by atoms with Gasteiger partial charge in [-0.05, 0) is 36.4 Å². The van der Waals surface area contributed by atoms with Crippen LogP contribution in [0.25, 0.3) is 22.2 Å². The Kier molecular flexibility index (Phi) is 6.19. The number of halogens is 1. The molecular weight excluding hydrogens is 417 g/mol. The summed E-state index contributed by atoms with van der Waals surface area (Å²) in [5.41, 5.74) is 2.92. The van der Waals surface area contributed by atoms with E-state index in [2.05, 4.69) is 48.0 Å². The summed E-state index contributed by atoms with van der Waals surface area (Å²) in [6, 6.07) is 13.3. The van der Waals surface area contributed by atoms with Crippen LogP contribution in [-0.2, 0) is 6.54 Å². The predicted molar refractivity (Wildman–Crippen MR) is 128 cm³/mol. The van der Waals surface area contributed by atoms with Gasteiger partial charge in [0.15, 0.2) is 5.82 Å². The van der Waals surface area contributed by atoms with Gasteiger partial charge in [-0.1, -0.05) is 25.1 Å². The van der Waals surface area contributed by atoms with Gasteiger partial charge in [0, 0.05) is 56.1 Å². The molecule has 3 aromatic heterocycles. The first-order valence-electron chi connectivity index (χ1n) is 11.2. The molecule has 4 heterocycles. The summed E-state index contributed by atoms with van der Waals surface area (Å²) in [6.45, 7) is 8.58. The van der Waals surface area contributed by atoms with E-state index in [-0.39, 0.29) is 5.69 Å². The van der Waals surface area contributed by atoms with E-state index >= 15 is 0 Å². The largest absolute Gasteiger partial charge is 0.309 e. The highest BCUT2D eigenvalue weighted by Gasteiger charge is 2.16. The molecular formula is C25H26FN7. The number of hydrogen-bond donors (Lipinski definition) is 1. The second-order valence-corrected chi connectivity index (χ2v) is 8.19. The molecule has 1 N–H and O–H groups in total. The van der Waals surface area contributed by atoms with Crippen molar-refractivity contribution in [1.29, 1.82) is 0 Å². The Hall–Kier alpha value is -3.49. The molecule has 1 saturated heterocycles. The first-order valence-corrected chi connectivity index (χ1v) is 11.2. The zero-order valence-electron chi connectivity index (χ0n) is 18.6. The van der Waals surface area contributed by atoms with Crippen molar-refractivity contribution in [3.8, 4) is 11.3 Å². The van der Waals surface area contributed by atoms with Crippen molar-refractivity contribution in [2.45, 2.75) is 13.5 Å². The molecule has 4 aromatic rings. The number of anilines is 2. The molecule has 0 bridgehead atoms. The Morgan fingerprint density at radius 1 is 0.939 bits per heavy atom. The predicted octanol–water partition coefficient (Wildman–Crippen LogP) is 4.11. The Labute approximate surface area is 192 Å². The highest BCUT2D eigenvalue weighted by Crippen LogP contribution is 2.25. The minimum Gasteiger partial charge on any atom is -0.309 e. The van der Waals surface area contributed by atoms with E-state index < -0.39 is 5.82 Å². The second-order valence-electron chi connectivity index (χ2n) is 8.19. The van der Waals surface area contributed by atoms with E-state index in [0.29, 0.717) is 17.3 Å². The van der Waals surface area contributed by atoms with Crippen molar-refractivity contribution < 1.29 is 4.39 Å². The molecule has 5 rings (SSSR count). The highest BCUT2D eigenvalue weighted by atomic mass is 19.1. The number of aromatic nitrogens is 4. The molecule has 0 amide bonds. The number of nitrogens with zero attached hydrogens (tertiary/aromatic N) is 6. The van der Waals surface area contributed by atoms with E-state index in [4.69, 9.17) is 0 Å². The lowest BCUT2D eigenvalue weighted by Gasteiger charge is -2.33. The average Bonchev–Trinajstić information content (AvgIpc) is 2.86. The molecule has 168 valence electrons. The lowest BCUT2D eigenvalue weighted by molar-refractivity contribution is 0.132. The van der Waals surface area contributed by atoms with E-state index in [1.165, 1.54) is 6.20 Å². The first-order chi connectivity index (χ1) is 16.2. The van der Waals surface area contributed by atoms with Gasteiger partial charge in [0.25, 0.3) is 0 Å². The van der Waals surface area contributed by atoms with Gasteiger partial charge in [-0.2, -0.15) is 0 Å². The van der Waals surface area contributed by atoms with E-state index in [0.717, 1.165) is 55.7 Å². The normalized spacial score (nSPS) is 15.1. The van der Waals surface area contributed by atoms with Gasteiger partial charge < -0.3 is 10.2 Å². The van der Waals surface area contributed by atoms with Crippen LogP contribution in [-0.4, -0.2) is 62.5 Å². The Balaban J connectivity index is 1.28. The van der Waals surface area contributed by atoms with Crippen molar-refractivity contribution >= 4 is 22.7 Å². The highest BCUT2D eigenvalue weighted by molar-refractivity contribution is 5.83. The quantitative estimate of drug-likeness (QED) is 0.481. The lowest BCUT2D eigenvalue weighted by Crippen LogP contribution is -2.45. The van der Waals surface area contributed by atoms with Gasteiger partial charge in [-0.15, -0.1) is 0 Å². The number of nitrogens with one attached hydrogen (secondary N) is 1. The van der Waals surface area contributed by atoms with Gasteiger partial charge in [0.1, 0.15) is 11.5 Å². The zero-order valence-corrected chi connectivity index (χ0v) is 18.6. The molecule has 1 aliphatic heterocycles. The fourth-order valence-electron chi connectivity index (χ4n) is 4.08. The van der Waals surface area contributed by atoms with Gasteiger partial charge in [-0.25, -0.2) is 19.3 Å². The summed E-state index contributed by atoms with van der Waals surface area (Å²) in [6.07, 6.45) is 4.79. The maximum absolute atomic E-state index is 14.5. The SMILES string of the molecule is CCN1CCN(Cc2ccc(Nc3ncc(F)c(-c4ccc5ncccc5c4)n3)nc2)CC1. The molecule has 0 unspecified atom stereocenters. The maximum atomic E-state index is 14.5. The number of likely N-dealkylation sites (N-methyl/N-ethyl adjacent to an activating group) is 1. The molecule has 1 aromatic carbocycles. The van der Waals surface area contributed by atoms with E-state index in [9.17, 15) is 4.39 Å². The molecule has 7 nitrogen and oxygen atoms in total. The maximum Gasteiger partial charge on any atom is 0.229 e. The minimum absolute atomic E-state index is 0.237. The number of fused-ring (bicyclic) bond motifs is 1. The molecule has 0 radical (unpaired) electrons. The third kappa shape index (κ3) is 4.97. The zero-order chi connectivity index (χ0) is 22.6. The fraction of sp³-hybridized carbons (Fsp3) is 0.280. The van der Waals surface area contributed by atoms with Crippen LogP contribution in [0.1, 0.15) is 12.5 Å². The number of pyridine rings is 2. The Morgan fingerprint density at radius 3 is 2.58 bits per heavy atom. The summed E-state index contributed by atoms with van der Waals surface area (Å²) in [5.74, 6) is 0.443. The van der Waals surface area contributed by atoms with Crippen LogP contribution >= 0.6 is 0 Å². The summed E-state index contributed by atoms with van der Waals surface area (Å²) in [7, 11) is 0. The fourth-order valence-corrected chi connectivity index (χ4v) is 4.08. The third-order valence-electron chi connectivity index (χ3n) is 6.00. The van der Waals surface area contributed by atoms with Crippen LogP contribution in [0.5, 0.6) is 0 Å². The van der Waals surface area contributed by atoms with Crippen LogP contribution in [0, 0.1) is 5.82 Å². The minimum atomic E-state index is -0.477. The monoisotopic (exact) mass is 443 g/mol. The van der Waals surface area contributed by atoms with Crippen molar-refractivity contribution in [2.75, 3.05) is 38.0 Å². The lowest BCUT2D eigenvalue weighted by atomic mass is 10.1. The van der Waals surface area contributed by atoms with Crippen molar-refractivity contribution in [3.05, 3.63) is 72.4 Å². The summed E-state index contributed by atoms with van der Waals surface area (Å²) >= 11 is 0. The van der Waals surface area contributed by atoms with Crippen LogP contribution in [0.4, 0.5) is 16.2 Å². The van der Waals surface area contributed by atoms with E-state index in [1.54, 1.807) is 6.20 Å².